The van der Waals surface area contributed by atoms with Crippen LogP contribution in [0.4, 0.5) is 5.69 Å². The SMILES string of the molecule is CCNC(=NCc1cccc(NC(=O)C2CCC2)c1)NC1CCN(C(C)C)CC1. The molecule has 0 spiro atoms. The predicted molar refractivity (Wildman–Crippen MR) is 120 cm³/mol. The van der Waals surface area contributed by atoms with E-state index in [9.17, 15) is 4.79 Å². The van der Waals surface area contributed by atoms with Gasteiger partial charge in [-0.3, -0.25) is 4.79 Å². The Morgan fingerprint density at radius 2 is 1.97 bits per heavy atom. The quantitative estimate of drug-likeness (QED) is 0.486. The van der Waals surface area contributed by atoms with Gasteiger partial charge in [-0.1, -0.05) is 18.6 Å². The molecule has 1 heterocycles. The lowest BCUT2D eigenvalue weighted by Gasteiger charge is -2.35. The van der Waals surface area contributed by atoms with E-state index >= 15 is 0 Å². The number of carbonyl (C=O) groups is 1. The first kappa shape index (κ1) is 21.6. The highest BCUT2D eigenvalue weighted by atomic mass is 16.1. The molecule has 0 radical (unpaired) electrons. The van der Waals surface area contributed by atoms with Gasteiger partial charge in [0.1, 0.15) is 0 Å². The molecule has 0 bridgehead atoms. The second-order valence-electron chi connectivity index (χ2n) is 8.56. The standard InChI is InChI=1S/C23H37N5O/c1-4-24-23(27-20-11-13-28(14-12-20)17(2)3)25-16-18-7-5-10-21(15-18)26-22(29)19-8-6-9-19/h5,7,10,15,17,19-20H,4,6,8-9,11-14,16H2,1-3H3,(H,26,29)(H2,24,25,27). The highest BCUT2D eigenvalue weighted by molar-refractivity contribution is 5.93. The number of likely N-dealkylation sites (tertiary alicyclic amines) is 1. The fraction of sp³-hybridized carbons (Fsp3) is 0.652. The van der Waals surface area contributed by atoms with Crippen LogP contribution in [0.3, 0.4) is 0 Å². The Morgan fingerprint density at radius 1 is 1.21 bits per heavy atom. The maximum absolute atomic E-state index is 12.2. The molecule has 160 valence electrons. The Labute approximate surface area is 175 Å². The van der Waals surface area contributed by atoms with Crippen LogP contribution in [0.2, 0.25) is 0 Å². The molecular formula is C23H37N5O. The Balaban J connectivity index is 1.54. The number of aliphatic imine (C=N–C) groups is 1. The van der Waals surface area contributed by atoms with Gasteiger partial charge in [0, 0.05) is 43.3 Å². The van der Waals surface area contributed by atoms with Crippen molar-refractivity contribution in [1.29, 1.82) is 0 Å². The average molecular weight is 400 g/mol. The van der Waals surface area contributed by atoms with Crippen molar-refractivity contribution >= 4 is 17.6 Å². The van der Waals surface area contributed by atoms with Crippen LogP contribution in [-0.2, 0) is 11.3 Å². The van der Waals surface area contributed by atoms with Crippen molar-refractivity contribution in [3.63, 3.8) is 0 Å². The lowest BCUT2D eigenvalue weighted by atomic mass is 9.85. The monoisotopic (exact) mass is 399 g/mol. The topological polar surface area (TPSA) is 68.8 Å². The summed E-state index contributed by atoms with van der Waals surface area (Å²) in [6.07, 6.45) is 5.49. The summed E-state index contributed by atoms with van der Waals surface area (Å²) in [4.78, 5) is 19.5. The molecule has 2 fully saturated rings. The van der Waals surface area contributed by atoms with Crippen LogP contribution in [0.25, 0.3) is 0 Å². The molecule has 29 heavy (non-hydrogen) atoms. The fourth-order valence-corrected chi connectivity index (χ4v) is 3.91. The number of guanidine groups is 1. The number of carbonyl (C=O) groups excluding carboxylic acids is 1. The minimum Gasteiger partial charge on any atom is -0.357 e. The second-order valence-corrected chi connectivity index (χ2v) is 8.56. The van der Waals surface area contributed by atoms with E-state index in [2.05, 4.69) is 47.7 Å². The van der Waals surface area contributed by atoms with Crippen molar-refractivity contribution in [2.75, 3.05) is 25.0 Å². The zero-order valence-electron chi connectivity index (χ0n) is 18.2. The first-order chi connectivity index (χ1) is 14.0. The summed E-state index contributed by atoms with van der Waals surface area (Å²) >= 11 is 0. The van der Waals surface area contributed by atoms with Gasteiger partial charge in [0.2, 0.25) is 5.91 Å². The normalized spacial score (nSPS) is 19.1. The zero-order valence-corrected chi connectivity index (χ0v) is 18.2. The molecule has 3 N–H and O–H groups in total. The van der Waals surface area contributed by atoms with Gasteiger partial charge in [-0.25, -0.2) is 4.99 Å². The number of nitrogens with one attached hydrogen (secondary N) is 3. The third kappa shape index (κ3) is 6.46. The van der Waals surface area contributed by atoms with E-state index in [1.54, 1.807) is 0 Å². The van der Waals surface area contributed by atoms with Gasteiger partial charge in [0.25, 0.3) is 0 Å². The van der Waals surface area contributed by atoms with E-state index in [-0.39, 0.29) is 11.8 Å². The van der Waals surface area contributed by atoms with Crippen molar-refractivity contribution in [2.24, 2.45) is 10.9 Å². The van der Waals surface area contributed by atoms with E-state index in [0.29, 0.717) is 18.6 Å². The molecule has 1 aliphatic heterocycles. The molecule has 2 aliphatic rings. The molecule has 1 saturated carbocycles. The average Bonchev–Trinajstić information content (AvgIpc) is 2.65. The van der Waals surface area contributed by atoms with E-state index in [1.165, 1.54) is 6.42 Å². The maximum Gasteiger partial charge on any atom is 0.227 e. The van der Waals surface area contributed by atoms with Gasteiger partial charge in [0.05, 0.1) is 6.54 Å². The summed E-state index contributed by atoms with van der Waals surface area (Å²) in [5.41, 5.74) is 1.97. The van der Waals surface area contributed by atoms with Crippen molar-refractivity contribution < 1.29 is 4.79 Å². The maximum atomic E-state index is 12.2. The van der Waals surface area contributed by atoms with Crippen LogP contribution in [0.1, 0.15) is 58.4 Å². The Bertz CT molecular complexity index is 690. The van der Waals surface area contributed by atoms with Crippen LogP contribution < -0.4 is 16.0 Å². The first-order valence-corrected chi connectivity index (χ1v) is 11.2. The highest BCUT2D eigenvalue weighted by Gasteiger charge is 2.25. The molecule has 6 nitrogen and oxygen atoms in total. The molecule has 1 aromatic rings. The van der Waals surface area contributed by atoms with Gasteiger partial charge >= 0.3 is 0 Å². The third-order valence-corrected chi connectivity index (χ3v) is 6.04. The van der Waals surface area contributed by atoms with Crippen molar-refractivity contribution in [1.82, 2.24) is 15.5 Å². The van der Waals surface area contributed by atoms with Gasteiger partial charge in [0.15, 0.2) is 5.96 Å². The van der Waals surface area contributed by atoms with E-state index < -0.39 is 0 Å². The summed E-state index contributed by atoms with van der Waals surface area (Å²) < 4.78 is 0. The number of anilines is 1. The molecule has 0 atom stereocenters. The summed E-state index contributed by atoms with van der Waals surface area (Å²) in [6, 6.07) is 9.13. The zero-order chi connectivity index (χ0) is 20.6. The van der Waals surface area contributed by atoms with Crippen molar-refractivity contribution in [2.45, 2.75) is 71.5 Å². The van der Waals surface area contributed by atoms with E-state index in [4.69, 9.17) is 4.99 Å². The van der Waals surface area contributed by atoms with Crippen LogP contribution in [0.5, 0.6) is 0 Å². The van der Waals surface area contributed by atoms with Crippen LogP contribution in [0.15, 0.2) is 29.3 Å². The smallest absolute Gasteiger partial charge is 0.227 e. The number of benzene rings is 1. The number of piperidine rings is 1. The third-order valence-electron chi connectivity index (χ3n) is 6.04. The molecule has 6 heteroatoms. The minimum absolute atomic E-state index is 0.152. The summed E-state index contributed by atoms with van der Waals surface area (Å²) in [5.74, 6) is 1.22. The van der Waals surface area contributed by atoms with Crippen LogP contribution in [-0.4, -0.2) is 48.5 Å². The van der Waals surface area contributed by atoms with Gasteiger partial charge in [-0.15, -0.1) is 0 Å². The van der Waals surface area contributed by atoms with E-state index in [0.717, 1.165) is 62.5 Å². The van der Waals surface area contributed by atoms with E-state index in [1.807, 2.05) is 18.2 Å². The Hall–Kier alpha value is -2.08. The predicted octanol–water partition coefficient (Wildman–Crippen LogP) is 3.35. The summed E-state index contributed by atoms with van der Waals surface area (Å²) in [7, 11) is 0. The number of nitrogens with zero attached hydrogens (tertiary/aromatic N) is 2. The molecule has 1 aliphatic carbocycles. The highest BCUT2D eigenvalue weighted by Crippen LogP contribution is 2.27. The minimum atomic E-state index is 0.152. The Morgan fingerprint density at radius 3 is 2.59 bits per heavy atom. The van der Waals surface area contributed by atoms with Gasteiger partial charge in [-0.2, -0.15) is 0 Å². The molecule has 0 aromatic heterocycles. The van der Waals surface area contributed by atoms with Gasteiger partial charge in [-0.05, 0) is 64.2 Å². The molecule has 1 saturated heterocycles. The number of hydrogen-bond donors (Lipinski definition) is 3. The first-order valence-electron chi connectivity index (χ1n) is 11.2. The van der Waals surface area contributed by atoms with Crippen LogP contribution in [0, 0.1) is 5.92 Å². The van der Waals surface area contributed by atoms with Crippen LogP contribution >= 0.6 is 0 Å². The molecular weight excluding hydrogens is 362 g/mol. The number of amides is 1. The lowest BCUT2D eigenvalue weighted by molar-refractivity contribution is -0.122. The lowest BCUT2D eigenvalue weighted by Crippen LogP contribution is -2.49. The second kappa shape index (κ2) is 10.6. The number of hydrogen-bond acceptors (Lipinski definition) is 3. The molecule has 0 unspecified atom stereocenters. The fourth-order valence-electron chi connectivity index (χ4n) is 3.91. The summed E-state index contributed by atoms with van der Waals surface area (Å²) in [6.45, 7) is 10.3. The molecule has 1 aromatic carbocycles. The van der Waals surface area contributed by atoms with Crippen molar-refractivity contribution in [3.8, 4) is 0 Å². The number of rotatable bonds is 7. The summed E-state index contributed by atoms with van der Waals surface area (Å²) in [5, 5.41) is 10.0. The van der Waals surface area contributed by atoms with Gasteiger partial charge < -0.3 is 20.9 Å². The molecule has 1 amide bonds. The molecule has 3 rings (SSSR count). The largest absolute Gasteiger partial charge is 0.357 e. The Kier molecular flexibility index (Phi) is 7.92. The van der Waals surface area contributed by atoms with Crippen molar-refractivity contribution in [3.05, 3.63) is 29.8 Å².